The average molecular weight is 537 g/mol. The molecule has 1 fully saturated rings. The summed E-state index contributed by atoms with van der Waals surface area (Å²) in [6, 6.07) is 7.97. The molecular weight excluding hydrogens is 513 g/mol. The predicted octanol–water partition coefficient (Wildman–Crippen LogP) is 4.09. The van der Waals surface area contributed by atoms with E-state index in [0.717, 1.165) is 18.3 Å². The number of carbonyl (C=O) groups excluding carboxylic acids is 2. The van der Waals surface area contributed by atoms with Gasteiger partial charge in [0.2, 0.25) is 5.91 Å². The minimum Gasteiger partial charge on any atom is -0.383 e. The number of rotatable bonds is 5. The van der Waals surface area contributed by atoms with Crippen LogP contribution in [0.15, 0.2) is 61.6 Å². The number of nitrogens with two attached hydrogens (primary N) is 1. The van der Waals surface area contributed by atoms with Crippen LogP contribution < -0.4 is 11.1 Å². The van der Waals surface area contributed by atoms with E-state index in [0.29, 0.717) is 48.2 Å². The molecule has 1 aliphatic heterocycles. The van der Waals surface area contributed by atoms with Crippen LogP contribution in [0.2, 0.25) is 0 Å². The molecule has 200 valence electrons. The summed E-state index contributed by atoms with van der Waals surface area (Å²) in [6.45, 7) is 4.65. The van der Waals surface area contributed by atoms with Crippen molar-refractivity contribution >= 4 is 34.5 Å². The van der Waals surface area contributed by atoms with Crippen molar-refractivity contribution in [1.82, 2.24) is 29.6 Å². The number of pyridine rings is 1. The number of nitrogen functional groups attached to an aromatic ring is 1. The zero-order valence-electron chi connectivity index (χ0n) is 20.5. The van der Waals surface area contributed by atoms with Crippen LogP contribution in [-0.2, 0) is 11.0 Å². The number of benzene rings is 1. The van der Waals surface area contributed by atoms with Crippen LogP contribution in [0.4, 0.5) is 24.8 Å². The molecule has 4 aromatic rings. The molecule has 13 heteroatoms. The van der Waals surface area contributed by atoms with E-state index in [4.69, 9.17) is 10.8 Å². The Labute approximate surface area is 220 Å². The summed E-state index contributed by atoms with van der Waals surface area (Å²) in [6.07, 6.45) is 0.435. The van der Waals surface area contributed by atoms with Crippen molar-refractivity contribution in [3.8, 4) is 11.3 Å². The number of hydrogen-bond donors (Lipinski definition) is 2. The zero-order valence-corrected chi connectivity index (χ0v) is 20.5. The topological polar surface area (TPSA) is 132 Å². The molecule has 5 rings (SSSR count). The summed E-state index contributed by atoms with van der Waals surface area (Å²) in [5, 5.41) is 7.75. The fraction of sp³-hybridized carbons (Fsp3) is 0.231. The maximum atomic E-state index is 13.0. The molecule has 0 spiro atoms. The molecule has 1 aliphatic rings. The van der Waals surface area contributed by atoms with E-state index in [1.165, 1.54) is 24.5 Å². The van der Waals surface area contributed by atoms with Gasteiger partial charge in [0.25, 0.3) is 5.91 Å². The van der Waals surface area contributed by atoms with E-state index in [1.54, 1.807) is 21.7 Å². The Kier molecular flexibility index (Phi) is 6.73. The van der Waals surface area contributed by atoms with Gasteiger partial charge in [0.15, 0.2) is 5.65 Å². The number of likely N-dealkylation sites (tertiary alicyclic amines) is 1. The van der Waals surface area contributed by atoms with Gasteiger partial charge >= 0.3 is 6.18 Å². The van der Waals surface area contributed by atoms with Gasteiger partial charge in [-0.05, 0) is 43.2 Å². The Hall–Kier alpha value is -4.81. The number of halogens is 3. The minimum absolute atomic E-state index is 0.0190. The second-order valence-electron chi connectivity index (χ2n) is 8.97. The summed E-state index contributed by atoms with van der Waals surface area (Å²) in [4.78, 5) is 38.7. The number of amides is 2. The van der Waals surface area contributed by atoms with Crippen LogP contribution in [0.1, 0.15) is 34.8 Å². The highest BCUT2D eigenvalue weighted by atomic mass is 19.4. The van der Waals surface area contributed by atoms with Crippen molar-refractivity contribution in [2.75, 3.05) is 24.1 Å². The van der Waals surface area contributed by atoms with Crippen LogP contribution in [0, 0.1) is 0 Å². The summed E-state index contributed by atoms with van der Waals surface area (Å²) in [5.41, 5.74) is 7.24. The second kappa shape index (κ2) is 10.2. The van der Waals surface area contributed by atoms with E-state index in [2.05, 4.69) is 26.8 Å². The Morgan fingerprint density at radius 1 is 1.08 bits per heavy atom. The second-order valence-corrected chi connectivity index (χ2v) is 8.97. The first-order valence-electron chi connectivity index (χ1n) is 12.0. The normalized spacial score (nSPS) is 14.4. The minimum atomic E-state index is -4.55. The van der Waals surface area contributed by atoms with Crippen LogP contribution >= 0.6 is 0 Å². The number of nitrogens with one attached hydrogen (secondary N) is 1. The van der Waals surface area contributed by atoms with Gasteiger partial charge in [0, 0.05) is 30.4 Å². The molecule has 2 amide bonds. The molecule has 3 N–H and O–H groups in total. The molecule has 39 heavy (non-hydrogen) atoms. The maximum Gasteiger partial charge on any atom is 0.416 e. The van der Waals surface area contributed by atoms with Crippen molar-refractivity contribution in [2.45, 2.75) is 25.1 Å². The van der Waals surface area contributed by atoms with Gasteiger partial charge in [0.05, 0.1) is 17.0 Å². The first-order chi connectivity index (χ1) is 18.7. The third kappa shape index (κ3) is 5.15. The molecule has 0 bridgehead atoms. The first kappa shape index (κ1) is 25.8. The lowest BCUT2D eigenvalue weighted by atomic mass is 10.0. The average Bonchev–Trinajstić information content (AvgIpc) is 3.33. The van der Waals surface area contributed by atoms with Gasteiger partial charge in [-0.25, -0.2) is 19.6 Å². The van der Waals surface area contributed by atoms with Crippen molar-refractivity contribution in [2.24, 2.45) is 0 Å². The molecule has 1 aromatic carbocycles. The number of nitrogens with zero attached hydrogens (tertiary/aromatic N) is 6. The summed E-state index contributed by atoms with van der Waals surface area (Å²) >= 11 is 0. The Bertz CT molecular complexity index is 1560. The van der Waals surface area contributed by atoms with Gasteiger partial charge in [0.1, 0.15) is 23.7 Å². The molecule has 0 radical (unpaired) electrons. The molecule has 4 heterocycles. The Morgan fingerprint density at radius 3 is 2.46 bits per heavy atom. The molecule has 0 aliphatic carbocycles. The van der Waals surface area contributed by atoms with E-state index < -0.39 is 17.6 Å². The molecule has 0 saturated carbocycles. The van der Waals surface area contributed by atoms with E-state index in [-0.39, 0.29) is 29.1 Å². The van der Waals surface area contributed by atoms with E-state index >= 15 is 0 Å². The largest absolute Gasteiger partial charge is 0.416 e. The first-order valence-corrected chi connectivity index (χ1v) is 12.0. The van der Waals surface area contributed by atoms with Crippen molar-refractivity contribution < 1.29 is 22.8 Å². The van der Waals surface area contributed by atoms with Crippen LogP contribution in [0.25, 0.3) is 22.3 Å². The lowest BCUT2D eigenvalue weighted by Crippen LogP contribution is -2.38. The molecule has 0 atom stereocenters. The van der Waals surface area contributed by atoms with Crippen LogP contribution in [0.5, 0.6) is 0 Å². The van der Waals surface area contributed by atoms with Gasteiger partial charge in [-0.1, -0.05) is 18.7 Å². The number of aromatic nitrogens is 5. The van der Waals surface area contributed by atoms with Crippen molar-refractivity contribution in [3.63, 3.8) is 0 Å². The zero-order chi connectivity index (χ0) is 27.7. The van der Waals surface area contributed by atoms with Crippen molar-refractivity contribution in [1.29, 1.82) is 0 Å². The monoisotopic (exact) mass is 536 g/mol. The predicted molar refractivity (Wildman–Crippen MR) is 137 cm³/mol. The van der Waals surface area contributed by atoms with Gasteiger partial charge in [-0.3, -0.25) is 9.59 Å². The molecule has 3 aromatic heterocycles. The third-order valence-corrected chi connectivity index (χ3v) is 6.56. The summed E-state index contributed by atoms with van der Waals surface area (Å²) in [7, 11) is 0. The van der Waals surface area contributed by atoms with Gasteiger partial charge in [-0.2, -0.15) is 18.3 Å². The number of anilines is 2. The highest BCUT2D eigenvalue weighted by Gasteiger charge is 2.31. The Morgan fingerprint density at radius 2 is 1.79 bits per heavy atom. The van der Waals surface area contributed by atoms with Crippen LogP contribution in [0.3, 0.4) is 0 Å². The molecule has 10 nitrogen and oxygen atoms in total. The highest BCUT2D eigenvalue weighted by Crippen LogP contribution is 2.34. The van der Waals surface area contributed by atoms with E-state index in [1.807, 2.05) is 0 Å². The number of hydrogen-bond acceptors (Lipinski definition) is 7. The lowest BCUT2D eigenvalue weighted by molar-refractivity contribution is -0.137. The smallest absolute Gasteiger partial charge is 0.383 e. The maximum absolute atomic E-state index is 13.0. The quantitative estimate of drug-likeness (QED) is 0.367. The number of fused-ring (bicyclic) bond motifs is 1. The van der Waals surface area contributed by atoms with Crippen molar-refractivity contribution in [3.05, 3.63) is 72.7 Å². The number of alkyl halides is 3. The lowest BCUT2D eigenvalue weighted by Gasteiger charge is -2.31. The summed E-state index contributed by atoms with van der Waals surface area (Å²) < 4.78 is 40.7. The number of piperidine rings is 1. The Balaban J connectivity index is 1.40. The van der Waals surface area contributed by atoms with Crippen LogP contribution in [-0.4, -0.2) is 54.5 Å². The third-order valence-electron chi connectivity index (χ3n) is 6.56. The standard InChI is InChI=1S/C26H23F3N8O2/c1-2-20(38)36-11-8-18(9-12-36)37-24-21(23(30)32-14-33-24)22(35-37)15-3-5-16(6-4-15)25(39)34-19-13-17(7-10-31-19)26(27,28)29/h2-7,10,13-14,18H,1,8-9,11-12H2,(H2,30,32,33)(H,31,34,39). The molecular formula is C26H23F3N8O2. The van der Waals surface area contributed by atoms with E-state index in [9.17, 15) is 22.8 Å². The summed E-state index contributed by atoms with van der Waals surface area (Å²) in [5.74, 6) is -0.696. The molecule has 0 unspecified atom stereocenters. The highest BCUT2D eigenvalue weighted by molar-refractivity contribution is 6.04. The SMILES string of the molecule is C=CC(=O)N1CCC(n2nc(-c3ccc(C(=O)Nc4cc(C(F)(F)F)ccn4)cc3)c3c(N)ncnc32)CC1. The fourth-order valence-electron chi connectivity index (χ4n) is 4.56. The van der Waals surface area contributed by atoms with Gasteiger partial charge in [-0.15, -0.1) is 0 Å². The van der Waals surface area contributed by atoms with Gasteiger partial charge < -0.3 is 16.0 Å². The fourth-order valence-corrected chi connectivity index (χ4v) is 4.56. The number of carbonyl (C=O) groups is 2. The molecule has 1 saturated heterocycles.